The van der Waals surface area contributed by atoms with Crippen molar-refractivity contribution in [1.82, 2.24) is 19.2 Å². The quantitative estimate of drug-likeness (QED) is 0.623. The number of hydrogen-bond acceptors (Lipinski definition) is 8. The van der Waals surface area contributed by atoms with Gasteiger partial charge in [-0.15, -0.1) is 0 Å². The summed E-state index contributed by atoms with van der Waals surface area (Å²) in [6.45, 7) is 1.56. The monoisotopic (exact) mass is 457 g/mol. The van der Waals surface area contributed by atoms with Crippen molar-refractivity contribution in [2.24, 2.45) is 0 Å². The molecule has 5 rings (SSSR count). The van der Waals surface area contributed by atoms with Crippen LogP contribution in [-0.4, -0.2) is 40.8 Å². The number of pyridine rings is 1. The maximum atomic E-state index is 12.8. The molecule has 31 heavy (non-hydrogen) atoms. The predicted molar refractivity (Wildman–Crippen MR) is 118 cm³/mol. The van der Waals surface area contributed by atoms with Gasteiger partial charge in [0.15, 0.2) is 0 Å². The summed E-state index contributed by atoms with van der Waals surface area (Å²) in [4.78, 5) is 10.9. The number of sulfonamides is 1. The molecule has 1 aromatic carbocycles. The molecular weight excluding hydrogens is 434 g/mol. The molecular formula is C21H23N5O3S2. The van der Waals surface area contributed by atoms with Crippen LogP contribution in [-0.2, 0) is 10.0 Å². The number of piperidine rings is 1. The van der Waals surface area contributed by atoms with Crippen LogP contribution >= 0.6 is 11.5 Å². The average molecular weight is 458 g/mol. The maximum absolute atomic E-state index is 12.8. The van der Waals surface area contributed by atoms with Crippen LogP contribution in [0.5, 0.6) is 5.75 Å². The molecule has 0 bridgehead atoms. The molecule has 2 aromatic heterocycles. The summed E-state index contributed by atoms with van der Waals surface area (Å²) in [7, 11) is -3.76. The van der Waals surface area contributed by atoms with Crippen molar-refractivity contribution in [3.05, 3.63) is 60.2 Å². The Bertz CT molecular complexity index is 1140. The highest BCUT2D eigenvalue weighted by Crippen LogP contribution is 2.44. The summed E-state index contributed by atoms with van der Waals surface area (Å²) in [6, 6.07) is 9.78. The van der Waals surface area contributed by atoms with Crippen LogP contribution in [0.1, 0.15) is 48.9 Å². The molecule has 1 fully saturated rings. The minimum absolute atomic E-state index is 0.157. The molecule has 2 atom stereocenters. The highest BCUT2D eigenvalue weighted by molar-refractivity contribution is 7.93. The first-order chi connectivity index (χ1) is 15.1. The van der Waals surface area contributed by atoms with Crippen molar-refractivity contribution < 1.29 is 13.2 Å². The number of aromatic nitrogens is 3. The van der Waals surface area contributed by atoms with E-state index in [9.17, 15) is 8.42 Å². The number of benzene rings is 1. The number of likely N-dealkylation sites (tertiary alicyclic amines) is 1. The van der Waals surface area contributed by atoms with Crippen LogP contribution in [0, 0.1) is 0 Å². The minimum Gasteiger partial charge on any atom is -0.493 e. The Morgan fingerprint density at radius 3 is 2.90 bits per heavy atom. The lowest BCUT2D eigenvalue weighted by Crippen LogP contribution is -2.39. The Morgan fingerprint density at radius 2 is 2.10 bits per heavy atom. The SMILES string of the molecule is O=S(=O)(Nc1ncns1)c1ccc2c(c1)OCCC2N1CCCCC1c1cccnc1. The number of nitrogens with zero attached hydrogens (tertiary/aromatic N) is 4. The van der Waals surface area contributed by atoms with E-state index in [0.717, 1.165) is 42.9 Å². The van der Waals surface area contributed by atoms with Gasteiger partial charge in [-0.05, 0) is 37.1 Å². The van der Waals surface area contributed by atoms with Gasteiger partial charge in [-0.3, -0.25) is 14.6 Å². The summed E-state index contributed by atoms with van der Waals surface area (Å²) in [5.41, 5.74) is 2.27. The topological polar surface area (TPSA) is 97.3 Å². The van der Waals surface area contributed by atoms with Crippen molar-refractivity contribution in [3.63, 3.8) is 0 Å². The Hall–Kier alpha value is -2.56. The lowest BCUT2D eigenvalue weighted by atomic mass is 9.90. The largest absolute Gasteiger partial charge is 0.493 e. The van der Waals surface area contributed by atoms with Gasteiger partial charge in [-0.25, -0.2) is 13.4 Å². The number of rotatable bonds is 5. The van der Waals surface area contributed by atoms with Crippen molar-refractivity contribution in [3.8, 4) is 5.75 Å². The Balaban J connectivity index is 1.45. The maximum Gasteiger partial charge on any atom is 0.263 e. The van der Waals surface area contributed by atoms with Gasteiger partial charge < -0.3 is 4.74 Å². The fraction of sp³-hybridized carbons (Fsp3) is 0.381. The molecule has 2 aliphatic heterocycles. The lowest BCUT2D eigenvalue weighted by molar-refractivity contribution is 0.0666. The summed E-state index contributed by atoms with van der Waals surface area (Å²) in [6.07, 6.45) is 9.40. The van der Waals surface area contributed by atoms with E-state index >= 15 is 0 Å². The summed E-state index contributed by atoms with van der Waals surface area (Å²) >= 11 is 0.996. The van der Waals surface area contributed by atoms with Gasteiger partial charge in [0.2, 0.25) is 5.13 Å². The van der Waals surface area contributed by atoms with E-state index in [1.165, 1.54) is 18.3 Å². The van der Waals surface area contributed by atoms with E-state index in [-0.39, 0.29) is 16.1 Å². The predicted octanol–water partition coefficient (Wildman–Crippen LogP) is 3.78. The Kier molecular flexibility index (Phi) is 5.59. The first-order valence-corrected chi connectivity index (χ1v) is 12.6. The zero-order valence-corrected chi connectivity index (χ0v) is 18.5. The highest BCUT2D eigenvalue weighted by atomic mass is 32.2. The van der Waals surface area contributed by atoms with E-state index in [0.29, 0.717) is 18.4 Å². The fourth-order valence-electron chi connectivity index (χ4n) is 4.51. The van der Waals surface area contributed by atoms with Crippen molar-refractivity contribution in [2.45, 2.75) is 42.7 Å². The molecule has 0 amide bonds. The van der Waals surface area contributed by atoms with Crippen LogP contribution in [0.3, 0.4) is 0 Å². The summed E-state index contributed by atoms with van der Waals surface area (Å²) < 4.78 is 37.7. The first kappa shape index (κ1) is 20.3. The molecule has 3 aromatic rings. The molecule has 4 heterocycles. The van der Waals surface area contributed by atoms with Crippen molar-refractivity contribution in [1.29, 1.82) is 0 Å². The zero-order chi connectivity index (χ0) is 21.3. The van der Waals surface area contributed by atoms with E-state index in [1.54, 1.807) is 18.3 Å². The second kappa shape index (κ2) is 8.52. The fourth-order valence-corrected chi connectivity index (χ4v) is 6.19. The second-order valence-corrected chi connectivity index (χ2v) is 10.2. The highest BCUT2D eigenvalue weighted by Gasteiger charge is 2.34. The number of hydrogen-bond donors (Lipinski definition) is 1. The lowest BCUT2D eigenvalue weighted by Gasteiger charge is -2.43. The van der Waals surface area contributed by atoms with Crippen LogP contribution < -0.4 is 9.46 Å². The molecule has 10 heteroatoms. The normalized spacial score (nSPS) is 21.8. The molecule has 8 nitrogen and oxygen atoms in total. The Morgan fingerprint density at radius 1 is 1.16 bits per heavy atom. The molecule has 1 saturated heterocycles. The number of ether oxygens (including phenoxy) is 1. The third-order valence-corrected chi connectivity index (χ3v) is 7.95. The van der Waals surface area contributed by atoms with Gasteiger partial charge in [0, 0.05) is 54.1 Å². The molecule has 0 spiro atoms. The van der Waals surface area contributed by atoms with Gasteiger partial charge >= 0.3 is 0 Å². The molecule has 1 N–H and O–H groups in total. The van der Waals surface area contributed by atoms with E-state index < -0.39 is 10.0 Å². The molecule has 0 saturated carbocycles. The average Bonchev–Trinajstić information content (AvgIpc) is 3.31. The van der Waals surface area contributed by atoms with Gasteiger partial charge in [0.25, 0.3) is 10.0 Å². The van der Waals surface area contributed by atoms with E-state index in [4.69, 9.17) is 4.74 Å². The summed E-state index contributed by atoms with van der Waals surface area (Å²) in [5, 5.41) is 0.240. The van der Waals surface area contributed by atoms with E-state index in [1.807, 2.05) is 18.3 Å². The smallest absolute Gasteiger partial charge is 0.263 e. The minimum atomic E-state index is -3.76. The third-order valence-electron chi connectivity index (χ3n) is 5.90. The van der Waals surface area contributed by atoms with Crippen LogP contribution in [0.25, 0.3) is 0 Å². The molecule has 0 aliphatic carbocycles. The van der Waals surface area contributed by atoms with Crippen LogP contribution in [0.2, 0.25) is 0 Å². The molecule has 2 aliphatic rings. The Labute approximate surface area is 185 Å². The van der Waals surface area contributed by atoms with Gasteiger partial charge in [0.05, 0.1) is 11.5 Å². The zero-order valence-electron chi connectivity index (χ0n) is 16.8. The molecule has 2 unspecified atom stereocenters. The number of fused-ring (bicyclic) bond motifs is 1. The van der Waals surface area contributed by atoms with Gasteiger partial charge in [-0.2, -0.15) is 4.37 Å². The first-order valence-electron chi connectivity index (χ1n) is 10.3. The number of nitrogens with one attached hydrogen (secondary N) is 1. The standard InChI is InChI=1S/C21H23N5O3S2/c27-31(28,25-21-23-14-24-30-21)16-6-7-17-19(8-11-29-20(17)12-16)26-10-2-1-5-18(26)15-4-3-9-22-13-15/h3-4,6-7,9,12-14,18-19H,1-2,5,8,10-11H2,(H,23,24,25). The van der Waals surface area contributed by atoms with Gasteiger partial charge in [-0.1, -0.05) is 18.6 Å². The van der Waals surface area contributed by atoms with Gasteiger partial charge in [0.1, 0.15) is 12.1 Å². The van der Waals surface area contributed by atoms with Crippen LogP contribution in [0.4, 0.5) is 5.13 Å². The third kappa shape index (κ3) is 4.15. The van der Waals surface area contributed by atoms with Crippen molar-refractivity contribution >= 4 is 26.7 Å². The molecule has 162 valence electrons. The molecule has 0 radical (unpaired) electrons. The van der Waals surface area contributed by atoms with Crippen molar-refractivity contribution in [2.75, 3.05) is 17.9 Å². The van der Waals surface area contributed by atoms with E-state index in [2.05, 4.69) is 30.0 Å². The van der Waals surface area contributed by atoms with Crippen LogP contribution in [0.15, 0.2) is 53.9 Å². The number of anilines is 1. The summed E-state index contributed by atoms with van der Waals surface area (Å²) in [5.74, 6) is 0.631. The second-order valence-electron chi connectivity index (χ2n) is 7.74.